The van der Waals surface area contributed by atoms with Crippen LogP contribution in [0.1, 0.15) is 26.2 Å². The summed E-state index contributed by atoms with van der Waals surface area (Å²) in [5, 5.41) is 9.16. The molecule has 1 aromatic carbocycles. The second kappa shape index (κ2) is 9.90. The molecule has 1 amide bonds. The molecule has 2 fully saturated rings. The van der Waals surface area contributed by atoms with Crippen molar-refractivity contribution in [3.05, 3.63) is 24.3 Å². The van der Waals surface area contributed by atoms with E-state index in [0.717, 1.165) is 24.9 Å². The normalized spacial score (nSPS) is 20.4. The van der Waals surface area contributed by atoms with E-state index in [0.29, 0.717) is 49.1 Å². The number of morpholine rings is 1. The van der Waals surface area contributed by atoms with Crippen molar-refractivity contribution in [1.29, 1.82) is 0 Å². The molecule has 0 aliphatic carbocycles. The molecule has 1 atom stereocenters. The minimum atomic E-state index is -3.54. The van der Waals surface area contributed by atoms with Gasteiger partial charge in [0.25, 0.3) is 0 Å². The molecule has 32 heavy (non-hydrogen) atoms. The Morgan fingerprint density at radius 2 is 1.84 bits per heavy atom. The Balaban J connectivity index is 1.43. The fourth-order valence-corrected chi connectivity index (χ4v) is 6.29. The molecule has 2 aromatic rings. The van der Waals surface area contributed by atoms with E-state index in [2.05, 4.69) is 17.1 Å². The number of hydrogen-bond acceptors (Lipinski definition) is 7. The molecule has 2 aliphatic heterocycles. The number of likely N-dealkylation sites (tertiary alicyclic amines) is 1. The van der Waals surface area contributed by atoms with Crippen LogP contribution < -0.4 is 0 Å². The zero-order valence-electron chi connectivity index (χ0n) is 18.4. The summed E-state index contributed by atoms with van der Waals surface area (Å²) >= 11 is 1.38. The number of carbonyl (C=O) groups excluding carboxylic acids is 1. The van der Waals surface area contributed by atoms with Crippen molar-refractivity contribution in [3.63, 3.8) is 0 Å². The van der Waals surface area contributed by atoms with Gasteiger partial charge in [0, 0.05) is 38.3 Å². The highest BCUT2D eigenvalue weighted by Gasteiger charge is 2.27. The van der Waals surface area contributed by atoms with Crippen molar-refractivity contribution in [2.45, 2.75) is 42.3 Å². The van der Waals surface area contributed by atoms with E-state index in [1.165, 1.54) is 22.5 Å². The first kappa shape index (κ1) is 23.2. The second-order valence-corrected chi connectivity index (χ2v) is 11.0. The summed E-state index contributed by atoms with van der Waals surface area (Å²) in [7, 11) is -1.68. The first-order valence-electron chi connectivity index (χ1n) is 10.9. The van der Waals surface area contributed by atoms with Gasteiger partial charge in [-0.25, -0.2) is 8.42 Å². The third-order valence-electron chi connectivity index (χ3n) is 6.00. The van der Waals surface area contributed by atoms with Gasteiger partial charge in [0.15, 0.2) is 11.0 Å². The van der Waals surface area contributed by atoms with E-state index >= 15 is 0 Å². The van der Waals surface area contributed by atoms with Crippen molar-refractivity contribution >= 4 is 27.7 Å². The smallest absolute Gasteiger partial charge is 0.243 e. The molecule has 1 unspecified atom stereocenters. The van der Waals surface area contributed by atoms with Crippen LogP contribution >= 0.6 is 11.8 Å². The molecule has 174 valence electrons. The van der Waals surface area contributed by atoms with Gasteiger partial charge >= 0.3 is 0 Å². The van der Waals surface area contributed by atoms with Crippen LogP contribution in [0.2, 0.25) is 0 Å². The average Bonchev–Trinajstić information content (AvgIpc) is 3.18. The summed E-state index contributed by atoms with van der Waals surface area (Å²) < 4.78 is 34.1. The number of hydrogen-bond donors (Lipinski definition) is 0. The Labute approximate surface area is 193 Å². The number of rotatable bonds is 6. The first-order chi connectivity index (χ1) is 15.4. The van der Waals surface area contributed by atoms with E-state index in [1.54, 1.807) is 24.3 Å². The Hall–Kier alpha value is -1.95. The molecule has 0 spiro atoms. The van der Waals surface area contributed by atoms with E-state index in [1.807, 2.05) is 16.5 Å². The molecule has 9 nitrogen and oxygen atoms in total. The van der Waals surface area contributed by atoms with Crippen molar-refractivity contribution in [2.75, 3.05) is 38.6 Å². The number of sulfonamides is 1. The minimum absolute atomic E-state index is 0.129. The molecule has 1 aromatic heterocycles. The Morgan fingerprint density at radius 1 is 1.12 bits per heavy atom. The predicted octanol–water partition coefficient (Wildman–Crippen LogP) is 2.00. The number of benzene rings is 1. The van der Waals surface area contributed by atoms with Gasteiger partial charge in [0.05, 0.1) is 23.9 Å². The van der Waals surface area contributed by atoms with Gasteiger partial charge in [-0.15, -0.1) is 10.2 Å². The van der Waals surface area contributed by atoms with Crippen LogP contribution in [-0.4, -0.2) is 82.9 Å². The van der Waals surface area contributed by atoms with E-state index in [4.69, 9.17) is 4.74 Å². The molecular weight excluding hydrogens is 450 g/mol. The Kier molecular flexibility index (Phi) is 7.18. The number of nitrogens with zero attached hydrogens (tertiary/aromatic N) is 5. The molecule has 4 rings (SSSR count). The fourth-order valence-electron chi connectivity index (χ4n) is 4.08. The third kappa shape index (κ3) is 4.85. The van der Waals surface area contributed by atoms with E-state index in [-0.39, 0.29) is 10.8 Å². The number of ether oxygens (including phenoxy) is 1. The lowest BCUT2D eigenvalue weighted by atomic mass is 10.0. The number of amides is 1. The van der Waals surface area contributed by atoms with Crippen molar-refractivity contribution < 1.29 is 17.9 Å². The first-order valence-corrected chi connectivity index (χ1v) is 13.3. The lowest BCUT2D eigenvalue weighted by Gasteiger charge is -2.33. The van der Waals surface area contributed by atoms with Gasteiger partial charge in [0.1, 0.15) is 0 Å². The van der Waals surface area contributed by atoms with Crippen LogP contribution in [0.3, 0.4) is 0 Å². The summed E-state index contributed by atoms with van der Waals surface area (Å²) in [6.07, 6.45) is 3.30. The minimum Gasteiger partial charge on any atom is -0.379 e. The fraction of sp³-hybridized carbons (Fsp3) is 0.571. The zero-order chi connectivity index (χ0) is 22.7. The van der Waals surface area contributed by atoms with Crippen molar-refractivity contribution in [2.24, 2.45) is 7.05 Å². The highest BCUT2D eigenvalue weighted by molar-refractivity contribution is 7.99. The number of thioether (sulfide) groups is 1. The number of carbonyl (C=O) groups is 1. The SMILES string of the molecule is CC1CCCCN1C(=O)CSc1nnc(-c2ccc(S(=O)(=O)N3CCOCC3)cc2)n1C. The van der Waals surface area contributed by atoms with Crippen LogP contribution in [0.4, 0.5) is 0 Å². The summed E-state index contributed by atoms with van der Waals surface area (Å²) in [5.41, 5.74) is 0.767. The lowest BCUT2D eigenvalue weighted by molar-refractivity contribution is -0.131. The van der Waals surface area contributed by atoms with Crippen LogP contribution in [0.15, 0.2) is 34.3 Å². The lowest BCUT2D eigenvalue weighted by Crippen LogP contribution is -2.42. The van der Waals surface area contributed by atoms with Crippen molar-refractivity contribution in [3.8, 4) is 11.4 Å². The maximum Gasteiger partial charge on any atom is 0.243 e. The van der Waals surface area contributed by atoms with E-state index in [9.17, 15) is 13.2 Å². The predicted molar refractivity (Wildman–Crippen MR) is 122 cm³/mol. The van der Waals surface area contributed by atoms with Gasteiger partial charge in [-0.3, -0.25) is 4.79 Å². The monoisotopic (exact) mass is 479 g/mol. The largest absolute Gasteiger partial charge is 0.379 e. The second-order valence-electron chi connectivity index (χ2n) is 8.13. The van der Waals surface area contributed by atoms with Crippen LogP contribution in [-0.2, 0) is 26.6 Å². The molecule has 3 heterocycles. The topological polar surface area (TPSA) is 97.6 Å². The number of piperidine rings is 1. The van der Waals surface area contributed by atoms with Crippen LogP contribution in [0.25, 0.3) is 11.4 Å². The molecular formula is C21H29N5O4S2. The van der Waals surface area contributed by atoms with Gasteiger partial charge in [0.2, 0.25) is 15.9 Å². The molecule has 0 saturated carbocycles. The Bertz CT molecular complexity index is 1050. The van der Waals surface area contributed by atoms with Crippen LogP contribution in [0.5, 0.6) is 0 Å². The van der Waals surface area contributed by atoms with Crippen LogP contribution in [0, 0.1) is 0 Å². The summed E-state index contributed by atoms with van der Waals surface area (Å²) in [6, 6.07) is 6.98. The maximum absolute atomic E-state index is 12.8. The maximum atomic E-state index is 12.8. The Morgan fingerprint density at radius 3 is 2.53 bits per heavy atom. The molecule has 11 heteroatoms. The molecule has 0 N–H and O–H groups in total. The van der Waals surface area contributed by atoms with E-state index < -0.39 is 10.0 Å². The average molecular weight is 480 g/mol. The van der Waals surface area contributed by atoms with Crippen molar-refractivity contribution in [1.82, 2.24) is 24.0 Å². The number of aromatic nitrogens is 3. The molecule has 2 aliphatic rings. The van der Waals surface area contributed by atoms with Gasteiger partial charge in [-0.1, -0.05) is 11.8 Å². The third-order valence-corrected chi connectivity index (χ3v) is 8.92. The van der Waals surface area contributed by atoms with Gasteiger partial charge < -0.3 is 14.2 Å². The van der Waals surface area contributed by atoms with Gasteiger partial charge in [-0.05, 0) is 50.5 Å². The summed E-state index contributed by atoms with van der Waals surface area (Å²) in [4.78, 5) is 14.8. The quantitative estimate of drug-likeness (QED) is 0.585. The zero-order valence-corrected chi connectivity index (χ0v) is 20.1. The highest BCUT2D eigenvalue weighted by Crippen LogP contribution is 2.26. The standard InChI is InChI=1S/C21H29N5O4S2/c1-16-5-3-4-10-26(16)19(27)15-31-21-23-22-20(24(21)2)17-6-8-18(9-7-17)32(28,29)25-11-13-30-14-12-25/h6-9,16H,3-5,10-15H2,1-2H3. The molecule has 0 bridgehead atoms. The van der Waals surface area contributed by atoms with Gasteiger partial charge in [-0.2, -0.15) is 4.31 Å². The summed E-state index contributed by atoms with van der Waals surface area (Å²) in [5.74, 6) is 1.08. The molecule has 2 saturated heterocycles. The summed E-state index contributed by atoms with van der Waals surface area (Å²) in [6.45, 7) is 4.48. The molecule has 0 radical (unpaired) electrons. The highest BCUT2D eigenvalue weighted by atomic mass is 32.2.